The second kappa shape index (κ2) is 17.2. The van der Waals surface area contributed by atoms with Crippen molar-refractivity contribution in [2.75, 3.05) is 33.1 Å². The van der Waals surface area contributed by atoms with Gasteiger partial charge in [0, 0.05) is 32.3 Å². The van der Waals surface area contributed by atoms with Gasteiger partial charge < -0.3 is 20.6 Å². The lowest BCUT2D eigenvalue weighted by Crippen LogP contribution is -2.72. The molecule has 35 heavy (non-hydrogen) atoms. The molecule has 0 aliphatic rings. The minimum atomic E-state index is -4.28. The van der Waals surface area contributed by atoms with Crippen LogP contribution in [0.25, 0.3) is 0 Å². The Labute approximate surface area is 211 Å². The Morgan fingerprint density at radius 1 is 0.886 bits per heavy atom. The van der Waals surface area contributed by atoms with Gasteiger partial charge >= 0.3 is 5.97 Å². The molecule has 0 heterocycles. The summed E-state index contributed by atoms with van der Waals surface area (Å²) < 4.78 is 31.1. The van der Waals surface area contributed by atoms with Crippen LogP contribution in [0.15, 0.2) is 0 Å². The number of nitrogens with zero attached hydrogens (tertiary/aromatic N) is 1. The lowest BCUT2D eigenvalue weighted by Gasteiger charge is -2.50. The van der Waals surface area contributed by atoms with E-state index < -0.39 is 40.2 Å². The van der Waals surface area contributed by atoms with E-state index in [9.17, 15) is 33.3 Å². The zero-order valence-electron chi connectivity index (χ0n) is 21.9. The minimum absolute atomic E-state index is 0.0925. The molecule has 208 valence electrons. The Hall–Kier alpha value is -1.27. The zero-order valence-corrected chi connectivity index (χ0v) is 22.7. The third kappa shape index (κ3) is 12.5. The van der Waals surface area contributed by atoms with Crippen molar-refractivity contribution >= 4 is 22.0 Å². The van der Waals surface area contributed by atoms with Gasteiger partial charge in [-0.2, -0.15) is 8.42 Å². The number of carbonyl (C=O) groups excluding carboxylic acids is 1. The van der Waals surface area contributed by atoms with E-state index >= 15 is 0 Å². The molecule has 0 aliphatic heterocycles. The van der Waals surface area contributed by atoms with Gasteiger partial charge in [-0.25, -0.2) is 4.79 Å². The Bertz CT molecular complexity index is 714. The highest BCUT2D eigenvalue weighted by Gasteiger charge is 2.55. The summed E-state index contributed by atoms with van der Waals surface area (Å²) in [5.74, 6) is -2.09. The Kier molecular flexibility index (Phi) is 16.6. The Morgan fingerprint density at radius 2 is 1.43 bits per heavy atom. The maximum absolute atomic E-state index is 12.7. The molecule has 0 fully saturated rings. The number of nitrogens with one attached hydrogen (secondary N) is 1. The second-order valence-electron chi connectivity index (χ2n) is 9.91. The molecular formula is C24H49N2O8S+. The van der Waals surface area contributed by atoms with Crippen LogP contribution in [-0.4, -0.2) is 89.4 Å². The lowest BCUT2D eigenvalue weighted by molar-refractivity contribution is -0.958. The first-order valence-electron chi connectivity index (χ1n) is 12.9. The van der Waals surface area contributed by atoms with Crippen LogP contribution in [0.1, 0.15) is 96.8 Å². The number of carboxylic acid groups (broad SMARTS) is 1. The highest BCUT2D eigenvalue weighted by Crippen LogP contribution is 2.34. The smallest absolute Gasteiger partial charge is 0.365 e. The average molecular weight is 526 g/mol. The Balaban J connectivity index is 5.16. The molecule has 10 nitrogen and oxygen atoms in total. The molecule has 11 heteroatoms. The van der Waals surface area contributed by atoms with E-state index in [2.05, 4.69) is 12.2 Å². The van der Waals surface area contributed by atoms with Gasteiger partial charge in [0.05, 0.1) is 26.5 Å². The summed E-state index contributed by atoms with van der Waals surface area (Å²) in [7, 11) is -1.09. The number of hydrogen-bond donors (Lipinski definition) is 5. The molecule has 5 N–H and O–H groups in total. The molecule has 0 bridgehead atoms. The first-order valence-corrected chi connectivity index (χ1v) is 14.5. The predicted molar refractivity (Wildman–Crippen MR) is 135 cm³/mol. The van der Waals surface area contributed by atoms with Gasteiger partial charge in [-0.3, -0.25) is 13.8 Å². The Morgan fingerprint density at radius 3 is 1.89 bits per heavy atom. The van der Waals surface area contributed by atoms with E-state index in [-0.39, 0.29) is 42.7 Å². The summed E-state index contributed by atoms with van der Waals surface area (Å²) in [5.41, 5.74) is -1.63. The molecule has 0 rings (SSSR count). The summed E-state index contributed by atoms with van der Waals surface area (Å²) in [6, 6.07) is 0. The molecule has 0 aliphatic carbocycles. The number of carboxylic acids is 1. The number of aliphatic carboxylic acids is 1. The van der Waals surface area contributed by atoms with Crippen LogP contribution in [0, 0.1) is 0 Å². The summed E-state index contributed by atoms with van der Waals surface area (Å²) in [6.45, 7) is 1.44. The maximum Gasteiger partial charge on any atom is 0.365 e. The normalized spacial score (nSPS) is 14.9. The van der Waals surface area contributed by atoms with Crippen LogP contribution in [0.2, 0.25) is 0 Å². The van der Waals surface area contributed by atoms with Crippen molar-refractivity contribution in [3.05, 3.63) is 0 Å². The molecule has 1 amide bonds. The van der Waals surface area contributed by atoms with Gasteiger partial charge in [-0.15, -0.1) is 0 Å². The van der Waals surface area contributed by atoms with Crippen molar-refractivity contribution in [1.29, 1.82) is 0 Å². The fourth-order valence-electron chi connectivity index (χ4n) is 4.72. The standard InChI is InChI=1S/C24H48N2O8S/c1-4-5-6-7-8-9-10-11-12-14-22(29)25-21(15-18-27)26(2,3)24(17-19-28,23(30)31)16-13-20-35(32,33)34/h21,27-28H,4-20H2,1-3H3,(H2-,25,29,30,31,32,33,34)/p+1. The third-order valence-corrected chi connectivity index (χ3v) is 7.84. The van der Waals surface area contributed by atoms with Crippen molar-refractivity contribution in [2.45, 2.75) is 109 Å². The monoisotopic (exact) mass is 525 g/mol. The minimum Gasteiger partial charge on any atom is -0.477 e. The van der Waals surface area contributed by atoms with Crippen molar-refractivity contribution in [2.24, 2.45) is 0 Å². The van der Waals surface area contributed by atoms with E-state index in [1.165, 1.54) is 32.1 Å². The van der Waals surface area contributed by atoms with E-state index in [1.807, 2.05) is 0 Å². The predicted octanol–water partition coefficient (Wildman–Crippen LogP) is 2.68. The van der Waals surface area contributed by atoms with E-state index in [1.54, 1.807) is 14.1 Å². The van der Waals surface area contributed by atoms with E-state index in [0.717, 1.165) is 25.7 Å². The fraction of sp³-hybridized carbons (Fsp3) is 0.917. The highest BCUT2D eigenvalue weighted by molar-refractivity contribution is 7.85. The van der Waals surface area contributed by atoms with Crippen molar-refractivity contribution in [1.82, 2.24) is 5.32 Å². The van der Waals surface area contributed by atoms with Gasteiger partial charge in [-0.1, -0.05) is 58.3 Å². The topological polar surface area (TPSA) is 161 Å². The zero-order chi connectivity index (χ0) is 27.0. The van der Waals surface area contributed by atoms with Gasteiger partial charge in [0.25, 0.3) is 10.1 Å². The number of rotatable bonds is 22. The SMILES string of the molecule is CCCCCCCCCCCC(=O)NC(CCO)[N+](C)(C)C(CCO)(CCCS(=O)(=O)O)C(=O)O. The van der Waals surface area contributed by atoms with Gasteiger partial charge in [0.15, 0.2) is 6.17 Å². The molecule has 2 atom stereocenters. The molecule has 0 saturated heterocycles. The van der Waals surface area contributed by atoms with Gasteiger partial charge in [0.1, 0.15) is 0 Å². The number of hydrogen-bond acceptors (Lipinski definition) is 6. The first-order chi connectivity index (χ1) is 16.4. The molecule has 0 aromatic heterocycles. The largest absolute Gasteiger partial charge is 0.477 e. The van der Waals surface area contributed by atoms with Crippen LogP contribution in [0.4, 0.5) is 0 Å². The molecule has 0 spiro atoms. The maximum atomic E-state index is 12.7. The van der Waals surface area contributed by atoms with Gasteiger partial charge in [-0.05, 0) is 12.8 Å². The molecule has 2 unspecified atom stereocenters. The number of quaternary nitrogens is 1. The number of aliphatic hydroxyl groups is 2. The lowest BCUT2D eigenvalue weighted by atomic mass is 9.85. The van der Waals surface area contributed by atoms with Crippen LogP contribution in [-0.2, 0) is 19.7 Å². The quantitative estimate of drug-likeness (QED) is 0.0624. The van der Waals surface area contributed by atoms with E-state index in [4.69, 9.17) is 4.55 Å². The summed E-state index contributed by atoms with van der Waals surface area (Å²) in [5, 5.41) is 32.3. The van der Waals surface area contributed by atoms with Crippen LogP contribution in [0.5, 0.6) is 0 Å². The molecule has 0 saturated carbocycles. The van der Waals surface area contributed by atoms with Crippen LogP contribution in [0.3, 0.4) is 0 Å². The van der Waals surface area contributed by atoms with Crippen LogP contribution < -0.4 is 5.32 Å². The molecule has 0 aromatic carbocycles. The highest BCUT2D eigenvalue weighted by atomic mass is 32.2. The van der Waals surface area contributed by atoms with Gasteiger partial charge in [0.2, 0.25) is 11.4 Å². The molecule has 0 radical (unpaired) electrons. The number of unbranched alkanes of at least 4 members (excludes halogenated alkanes) is 8. The third-order valence-electron chi connectivity index (χ3n) is 7.04. The van der Waals surface area contributed by atoms with Crippen LogP contribution >= 0.6 is 0 Å². The first kappa shape index (κ1) is 33.7. The summed E-state index contributed by atoms with van der Waals surface area (Å²) in [6.07, 6.45) is 9.22. The molecule has 0 aromatic rings. The number of amides is 1. The summed E-state index contributed by atoms with van der Waals surface area (Å²) in [4.78, 5) is 25.1. The van der Waals surface area contributed by atoms with Crippen molar-refractivity contribution in [3.63, 3.8) is 0 Å². The fourth-order valence-corrected chi connectivity index (χ4v) is 5.23. The number of aliphatic hydroxyl groups excluding tert-OH is 2. The van der Waals surface area contributed by atoms with Crippen molar-refractivity contribution < 1.29 is 42.4 Å². The summed E-state index contributed by atoms with van der Waals surface area (Å²) >= 11 is 0. The number of likely N-dealkylation sites (N-methyl/N-ethyl adjacent to an activating group) is 1. The second-order valence-corrected chi connectivity index (χ2v) is 11.5. The van der Waals surface area contributed by atoms with Crippen molar-refractivity contribution in [3.8, 4) is 0 Å². The molecular weight excluding hydrogens is 476 g/mol. The van der Waals surface area contributed by atoms with E-state index in [0.29, 0.717) is 6.42 Å². The number of carbonyl (C=O) groups is 2. The average Bonchev–Trinajstić information content (AvgIpc) is 2.75.